The first-order valence-electron chi connectivity index (χ1n) is 4.67. The van der Waals surface area contributed by atoms with Crippen LogP contribution in [0, 0.1) is 0 Å². The summed E-state index contributed by atoms with van der Waals surface area (Å²) >= 11 is 0. The van der Waals surface area contributed by atoms with Gasteiger partial charge in [-0.2, -0.15) is 0 Å². The van der Waals surface area contributed by atoms with Gasteiger partial charge in [0.1, 0.15) is 5.76 Å². The van der Waals surface area contributed by atoms with Crippen LogP contribution in [-0.4, -0.2) is 11.9 Å². The lowest BCUT2D eigenvalue weighted by Gasteiger charge is -2.10. The van der Waals surface area contributed by atoms with E-state index in [9.17, 15) is 4.79 Å². The molecule has 0 fully saturated rings. The minimum Gasteiger partial charge on any atom is -0.469 e. The van der Waals surface area contributed by atoms with Crippen molar-refractivity contribution in [2.24, 2.45) is 0 Å². The molecule has 1 N–H and O–H groups in total. The lowest BCUT2D eigenvalue weighted by Crippen LogP contribution is -2.31. The van der Waals surface area contributed by atoms with Gasteiger partial charge in [0.25, 0.3) is 0 Å². The molecule has 1 heterocycles. The van der Waals surface area contributed by atoms with E-state index in [0.29, 0.717) is 0 Å². The van der Waals surface area contributed by atoms with Crippen LogP contribution in [0.3, 0.4) is 0 Å². The molecule has 0 aliphatic rings. The van der Waals surface area contributed by atoms with Crippen molar-refractivity contribution < 1.29 is 9.21 Å². The predicted molar refractivity (Wildman–Crippen MR) is 54.8 cm³/mol. The molecule has 1 atom stereocenters. The quantitative estimate of drug-likeness (QED) is 0.726. The molecule has 0 saturated heterocycles. The molecule has 76 valence electrons. The van der Waals surface area contributed by atoms with Crippen molar-refractivity contribution in [1.82, 2.24) is 5.32 Å². The first-order chi connectivity index (χ1) is 6.72. The Labute approximate surface area is 83.8 Å². The van der Waals surface area contributed by atoms with Crippen LogP contribution in [-0.2, 0) is 11.2 Å². The van der Waals surface area contributed by atoms with Crippen molar-refractivity contribution in [3.63, 3.8) is 0 Å². The Kier molecular flexibility index (Phi) is 3.98. The zero-order chi connectivity index (χ0) is 10.4. The van der Waals surface area contributed by atoms with E-state index >= 15 is 0 Å². The highest BCUT2D eigenvalue weighted by Crippen LogP contribution is 2.05. The van der Waals surface area contributed by atoms with Crippen LogP contribution in [0.2, 0.25) is 0 Å². The van der Waals surface area contributed by atoms with Crippen molar-refractivity contribution in [3.8, 4) is 0 Å². The van der Waals surface area contributed by atoms with Gasteiger partial charge in [0.05, 0.1) is 6.26 Å². The fraction of sp³-hybridized carbons (Fsp3) is 0.364. The summed E-state index contributed by atoms with van der Waals surface area (Å²) in [6.07, 6.45) is 4.64. The summed E-state index contributed by atoms with van der Waals surface area (Å²) in [5.41, 5.74) is 0. The van der Waals surface area contributed by atoms with Crippen molar-refractivity contribution in [2.75, 3.05) is 0 Å². The van der Waals surface area contributed by atoms with Gasteiger partial charge in [0.2, 0.25) is 5.91 Å². The average Bonchev–Trinajstić information content (AvgIpc) is 2.67. The summed E-state index contributed by atoms with van der Waals surface area (Å²) in [7, 11) is 0. The van der Waals surface area contributed by atoms with Crippen LogP contribution in [0.15, 0.2) is 35.5 Å². The second-order valence-electron chi connectivity index (χ2n) is 3.23. The molecule has 0 spiro atoms. The second-order valence-corrected chi connectivity index (χ2v) is 3.23. The minimum absolute atomic E-state index is 0.128. The Morgan fingerprint density at radius 1 is 1.79 bits per heavy atom. The third-order valence-electron chi connectivity index (χ3n) is 1.98. The zero-order valence-electron chi connectivity index (χ0n) is 8.32. The normalized spacial score (nSPS) is 12.1. The van der Waals surface area contributed by atoms with Crippen molar-refractivity contribution in [1.29, 1.82) is 0 Å². The Hall–Kier alpha value is -1.51. The van der Waals surface area contributed by atoms with Gasteiger partial charge in [-0.05, 0) is 31.6 Å². The first kappa shape index (κ1) is 10.6. The summed E-state index contributed by atoms with van der Waals surface area (Å²) in [6.45, 7) is 5.36. The summed E-state index contributed by atoms with van der Waals surface area (Å²) in [4.78, 5) is 10.9. The second kappa shape index (κ2) is 5.27. The van der Waals surface area contributed by atoms with Crippen LogP contribution in [0.1, 0.15) is 19.1 Å². The highest BCUT2D eigenvalue weighted by Gasteiger charge is 2.05. The molecule has 1 aromatic heterocycles. The number of hydrogen-bond acceptors (Lipinski definition) is 2. The van der Waals surface area contributed by atoms with E-state index in [2.05, 4.69) is 11.9 Å². The van der Waals surface area contributed by atoms with Crippen LogP contribution in [0.4, 0.5) is 0 Å². The van der Waals surface area contributed by atoms with E-state index in [-0.39, 0.29) is 11.9 Å². The number of nitrogens with one attached hydrogen (secondary N) is 1. The molecule has 3 heteroatoms. The highest BCUT2D eigenvalue weighted by atomic mass is 16.3. The fourth-order valence-electron chi connectivity index (χ4n) is 1.19. The van der Waals surface area contributed by atoms with E-state index in [1.807, 2.05) is 19.1 Å². The minimum atomic E-state index is -0.128. The molecular formula is C11H15NO2. The molecule has 0 aromatic carbocycles. The van der Waals surface area contributed by atoms with Gasteiger partial charge in [-0.25, -0.2) is 0 Å². The molecule has 0 radical (unpaired) electrons. The fourth-order valence-corrected chi connectivity index (χ4v) is 1.19. The molecule has 0 saturated carbocycles. The number of carbonyl (C=O) groups is 1. The van der Waals surface area contributed by atoms with E-state index < -0.39 is 0 Å². The van der Waals surface area contributed by atoms with E-state index in [0.717, 1.165) is 18.6 Å². The van der Waals surface area contributed by atoms with Gasteiger partial charge >= 0.3 is 0 Å². The topological polar surface area (TPSA) is 42.2 Å². The Morgan fingerprint density at radius 3 is 3.14 bits per heavy atom. The molecule has 0 aliphatic carbocycles. The van der Waals surface area contributed by atoms with Crippen LogP contribution < -0.4 is 5.32 Å². The van der Waals surface area contributed by atoms with Crippen LogP contribution in [0.25, 0.3) is 0 Å². The number of carbonyl (C=O) groups excluding carboxylic acids is 1. The van der Waals surface area contributed by atoms with Crippen LogP contribution in [0.5, 0.6) is 0 Å². The molecule has 1 amide bonds. The van der Waals surface area contributed by atoms with Gasteiger partial charge < -0.3 is 9.73 Å². The molecule has 1 unspecified atom stereocenters. The predicted octanol–water partition coefficient (Wildman–Crippen LogP) is 1.90. The third-order valence-corrected chi connectivity index (χ3v) is 1.98. The molecular weight excluding hydrogens is 178 g/mol. The molecule has 0 aliphatic heterocycles. The van der Waals surface area contributed by atoms with E-state index in [4.69, 9.17) is 4.42 Å². The summed E-state index contributed by atoms with van der Waals surface area (Å²) in [6, 6.07) is 3.94. The summed E-state index contributed by atoms with van der Waals surface area (Å²) in [5, 5.41) is 2.79. The van der Waals surface area contributed by atoms with Gasteiger partial charge in [0.15, 0.2) is 0 Å². The molecule has 1 aromatic rings. The summed E-state index contributed by atoms with van der Waals surface area (Å²) < 4.78 is 5.18. The van der Waals surface area contributed by atoms with Crippen molar-refractivity contribution in [2.45, 2.75) is 25.8 Å². The number of rotatable bonds is 5. The van der Waals surface area contributed by atoms with Crippen LogP contribution >= 0.6 is 0 Å². The number of hydrogen-bond donors (Lipinski definition) is 1. The van der Waals surface area contributed by atoms with Crippen molar-refractivity contribution in [3.05, 3.63) is 36.8 Å². The zero-order valence-corrected chi connectivity index (χ0v) is 8.32. The Balaban J connectivity index is 2.24. The molecule has 0 bridgehead atoms. The molecule has 14 heavy (non-hydrogen) atoms. The maximum atomic E-state index is 10.9. The van der Waals surface area contributed by atoms with Gasteiger partial charge in [0, 0.05) is 12.5 Å². The standard InChI is InChI=1S/C11H15NO2/c1-3-11(13)12-9(2)6-7-10-5-4-8-14-10/h3-5,8-9H,1,6-7H2,2H3,(H,12,13). The highest BCUT2D eigenvalue weighted by molar-refractivity contribution is 5.87. The van der Waals surface area contributed by atoms with Gasteiger partial charge in [-0.15, -0.1) is 0 Å². The number of amides is 1. The van der Waals surface area contributed by atoms with Gasteiger partial charge in [-0.3, -0.25) is 4.79 Å². The molecule has 3 nitrogen and oxygen atoms in total. The molecule has 1 rings (SSSR count). The Bertz CT molecular complexity index is 290. The lowest BCUT2D eigenvalue weighted by atomic mass is 10.1. The number of furan rings is 1. The lowest BCUT2D eigenvalue weighted by molar-refractivity contribution is -0.117. The van der Waals surface area contributed by atoms with E-state index in [1.165, 1.54) is 6.08 Å². The maximum Gasteiger partial charge on any atom is 0.243 e. The van der Waals surface area contributed by atoms with E-state index in [1.54, 1.807) is 6.26 Å². The SMILES string of the molecule is C=CC(=O)NC(C)CCc1ccco1. The number of aryl methyl sites for hydroxylation is 1. The first-order valence-corrected chi connectivity index (χ1v) is 4.67. The third kappa shape index (κ3) is 3.47. The Morgan fingerprint density at radius 2 is 2.57 bits per heavy atom. The summed E-state index contributed by atoms with van der Waals surface area (Å²) in [5.74, 6) is 0.821. The van der Waals surface area contributed by atoms with Crippen molar-refractivity contribution >= 4 is 5.91 Å². The largest absolute Gasteiger partial charge is 0.469 e. The smallest absolute Gasteiger partial charge is 0.243 e. The average molecular weight is 193 g/mol. The maximum absolute atomic E-state index is 10.9. The monoisotopic (exact) mass is 193 g/mol. The van der Waals surface area contributed by atoms with Gasteiger partial charge in [-0.1, -0.05) is 6.58 Å².